The van der Waals surface area contributed by atoms with Crippen LogP contribution in [0.2, 0.25) is 0 Å². The van der Waals surface area contributed by atoms with E-state index in [1.165, 1.54) is 4.90 Å². The number of carbonyl (C=O) groups is 1. The molecule has 2 aliphatic heterocycles. The number of carbonyl (C=O) groups excluding carboxylic acids is 1. The highest BCUT2D eigenvalue weighted by Gasteiger charge is 2.30. The molecule has 1 fully saturated rings. The van der Waals surface area contributed by atoms with Gasteiger partial charge in [-0.3, -0.25) is 4.79 Å². The van der Waals surface area contributed by atoms with E-state index in [-0.39, 0.29) is 18.7 Å². The van der Waals surface area contributed by atoms with Crippen molar-refractivity contribution in [1.82, 2.24) is 0 Å². The zero-order valence-corrected chi connectivity index (χ0v) is 16.2. The Morgan fingerprint density at radius 3 is 2.68 bits per heavy atom. The molecule has 2 aliphatic rings. The lowest BCUT2D eigenvalue weighted by molar-refractivity contribution is -0.914. The first kappa shape index (κ1) is 18.4. The van der Waals surface area contributed by atoms with E-state index >= 15 is 0 Å². The van der Waals surface area contributed by atoms with Crippen molar-refractivity contribution in [3.63, 3.8) is 0 Å². The summed E-state index contributed by atoms with van der Waals surface area (Å²) < 4.78 is 16.2. The second-order valence-electron chi connectivity index (χ2n) is 7.10. The molecule has 0 saturated carbocycles. The first-order valence-electron chi connectivity index (χ1n) is 9.59. The van der Waals surface area contributed by atoms with Crippen LogP contribution in [0.1, 0.15) is 6.92 Å². The third kappa shape index (κ3) is 3.71. The smallest absolute Gasteiger partial charge is 0.282 e. The summed E-state index contributed by atoms with van der Waals surface area (Å²) in [6.45, 7) is 5.77. The van der Waals surface area contributed by atoms with Gasteiger partial charge in [-0.25, -0.2) is 0 Å². The van der Waals surface area contributed by atoms with Crippen LogP contribution in [-0.4, -0.2) is 52.0 Å². The Bertz CT molecular complexity index is 849. The van der Waals surface area contributed by atoms with Crippen molar-refractivity contribution in [2.75, 3.05) is 50.3 Å². The summed E-state index contributed by atoms with van der Waals surface area (Å²) >= 11 is 0. The number of nitrogens with one attached hydrogen (secondary N) is 2. The van der Waals surface area contributed by atoms with Crippen LogP contribution in [0.15, 0.2) is 42.5 Å². The predicted octanol–water partition coefficient (Wildman–Crippen LogP) is 1.16. The van der Waals surface area contributed by atoms with Crippen molar-refractivity contribution in [1.29, 1.82) is 0 Å². The molecule has 28 heavy (non-hydrogen) atoms. The normalized spacial score (nSPS) is 17.3. The Labute approximate surface area is 164 Å². The number of fused-ring (bicyclic) bond motifs is 1. The zero-order chi connectivity index (χ0) is 19.5. The fourth-order valence-corrected chi connectivity index (χ4v) is 3.77. The Morgan fingerprint density at radius 1 is 1.14 bits per heavy atom. The lowest BCUT2D eigenvalue weighted by Gasteiger charge is -2.36. The molecule has 2 N–H and O–H groups in total. The van der Waals surface area contributed by atoms with Gasteiger partial charge in [0.05, 0.1) is 39.0 Å². The molecule has 0 aliphatic carbocycles. The number of hydrogen-bond donors (Lipinski definition) is 2. The number of rotatable bonds is 5. The number of quaternary nitrogens is 1. The molecule has 1 saturated heterocycles. The molecule has 0 aromatic heterocycles. The Morgan fingerprint density at radius 2 is 1.89 bits per heavy atom. The standard InChI is InChI=1S/C21H25N3O4/c1-15(21(25)22-16-7-8-19-20(13-16)28-14-27-19)23-9-11-24(12-10-23)17-5-3-4-6-18(17)26-2/h3-8,13,15H,9-12,14H2,1-2H3,(H,22,25)/p+1/t15-/m0/s1. The van der Waals surface area contributed by atoms with Crippen LogP contribution in [0.25, 0.3) is 0 Å². The molecule has 4 rings (SSSR count). The van der Waals surface area contributed by atoms with E-state index in [9.17, 15) is 4.79 Å². The van der Waals surface area contributed by atoms with E-state index in [1.54, 1.807) is 7.11 Å². The molecule has 0 radical (unpaired) electrons. The molecule has 7 nitrogen and oxygen atoms in total. The van der Waals surface area contributed by atoms with Crippen LogP contribution in [0.4, 0.5) is 11.4 Å². The van der Waals surface area contributed by atoms with Crippen LogP contribution >= 0.6 is 0 Å². The maximum absolute atomic E-state index is 12.7. The molecule has 7 heteroatoms. The Kier molecular flexibility index (Phi) is 5.25. The molecule has 0 bridgehead atoms. The van der Waals surface area contributed by atoms with Crippen LogP contribution in [0.5, 0.6) is 17.2 Å². The molecule has 0 unspecified atom stereocenters. The number of piperazine rings is 1. The van der Waals surface area contributed by atoms with E-state index in [1.807, 2.05) is 43.3 Å². The van der Waals surface area contributed by atoms with Crippen molar-refractivity contribution in [2.24, 2.45) is 0 Å². The zero-order valence-electron chi connectivity index (χ0n) is 16.2. The maximum atomic E-state index is 12.7. The second-order valence-corrected chi connectivity index (χ2v) is 7.10. The third-order valence-corrected chi connectivity index (χ3v) is 5.48. The number of ether oxygens (including phenoxy) is 3. The molecule has 2 aromatic rings. The summed E-state index contributed by atoms with van der Waals surface area (Å²) in [5, 5.41) is 3.00. The van der Waals surface area contributed by atoms with Crippen molar-refractivity contribution in [3.05, 3.63) is 42.5 Å². The van der Waals surface area contributed by atoms with E-state index in [4.69, 9.17) is 14.2 Å². The van der Waals surface area contributed by atoms with Crippen LogP contribution < -0.4 is 29.3 Å². The molecular formula is C21H26N3O4+. The minimum Gasteiger partial charge on any atom is -0.495 e. The fraction of sp³-hybridized carbons (Fsp3) is 0.381. The van der Waals surface area contributed by atoms with Crippen LogP contribution in [-0.2, 0) is 4.79 Å². The number of para-hydroxylation sites is 2. The fourth-order valence-electron chi connectivity index (χ4n) is 3.77. The third-order valence-electron chi connectivity index (χ3n) is 5.48. The van der Waals surface area contributed by atoms with Crippen molar-refractivity contribution in [3.8, 4) is 17.2 Å². The van der Waals surface area contributed by atoms with Gasteiger partial charge in [0.1, 0.15) is 5.75 Å². The van der Waals surface area contributed by atoms with E-state index in [0.717, 1.165) is 43.3 Å². The number of nitrogens with zero attached hydrogens (tertiary/aromatic N) is 1. The van der Waals surface area contributed by atoms with E-state index in [0.29, 0.717) is 11.5 Å². The van der Waals surface area contributed by atoms with E-state index < -0.39 is 0 Å². The highest BCUT2D eigenvalue weighted by Crippen LogP contribution is 2.34. The number of anilines is 2. The number of methoxy groups -OCH3 is 1. The van der Waals surface area contributed by atoms with Gasteiger partial charge >= 0.3 is 0 Å². The predicted molar refractivity (Wildman–Crippen MR) is 107 cm³/mol. The minimum atomic E-state index is -0.134. The van der Waals surface area contributed by atoms with Crippen LogP contribution in [0.3, 0.4) is 0 Å². The molecule has 2 heterocycles. The van der Waals surface area contributed by atoms with Crippen molar-refractivity contribution >= 4 is 17.3 Å². The molecule has 1 amide bonds. The van der Waals surface area contributed by atoms with Gasteiger partial charge in [-0.05, 0) is 31.2 Å². The maximum Gasteiger partial charge on any atom is 0.282 e. The molecule has 2 aromatic carbocycles. The topological polar surface area (TPSA) is 64.5 Å². The second kappa shape index (κ2) is 7.98. The Balaban J connectivity index is 1.34. The first-order valence-corrected chi connectivity index (χ1v) is 9.59. The Hall–Kier alpha value is -2.93. The monoisotopic (exact) mass is 384 g/mol. The summed E-state index contributed by atoms with van der Waals surface area (Å²) in [5.74, 6) is 2.28. The van der Waals surface area contributed by atoms with Gasteiger partial charge in [-0.1, -0.05) is 12.1 Å². The van der Waals surface area contributed by atoms with Gasteiger partial charge in [0, 0.05) is 11.8 Å². The summed E-state index contributed by atoms with van der Waals surface area (Å²) in [6, 6.07) is 13.4. The van der Waals surface area contributed by atoms with Gasteiger partial charge in [-0.2, -0.15) is 0 Å². The van der Waals surface area contributed by atoms with Crippen molar-refractivity contribution < 1.29 is 23.9 Å². The highest BCUT2D eigenvalue weighted by molar-refractivity contribution is 5.94. The van der Waals surface area contributed by atoms with Gasteiger partial charge in [0.25, 0.3) is 5.91 Å². The average Bonchev–Trinajstić information content (AvgIpc) is 3.21. The van der Waals surface area contributed by atoms with Crippen molar-refractivity contribution in [2.45, 2.75) is 13.0 Å². The minimum absolute atomic E-state index is 0.0135. The van der Waals surface area contributed by atoms with Gasteiger partial charge in [0.2, 0.25) is 6.79 Å². The summed E-state index contributed by atoms with van der Waals surface area (Å²) in [4.78, 5) is 16.3. The summed E-state index contributed by atoms with van der Waals surface area (Å²) in [5.41, 5.74) is 1.84. The summed E-state index contributed by atoms with van der Waals surface area (Å²) in [6.07, 6.45) is 0. The quantitative estimate of drug-likeness (QED) is 0.810. The van der Waals surface area contributed by atoms with Crippen LogP contribution in [0, 0.1) is 0 Å². The molecule has 148 valence electrons. The molecule has 1 atom stereocenters. The average molecular weight is 384 g/mol. The van der Waals surface area contributed by atoms with Gasteiger partial charge in [0.15, 0.2) is 17.5 Å². The van der Waals surface area contributed by atoms with Gasteiger partial charge < -0.3 is 29.3 Å². The highest BCUT2D eigenvalue weighted by atomic mass is 16.7. The first-order chi connectivity index (χ1) is 13.7. The lowest BCUT2D eigenvalue weighted by atomic mass is 10.2. The molecular weight excluding hydrogens is 358 g/mol. The van der Waals surface area contributed by atoms with E-state index in [2.05, 4.69) is 16.3 Å². The lowest BCUT2D eigenvalue weighted by Crippen LogP contribution is -3.19. The number of benzene rings is 2. The number of hydrogen-bond acceptors (Lipinski definition) is 5. The summed E-state index contributed by atoms with van der Waals surface area (Å²) in [7, 11) is 1.70. The van der Waals surface area contributed by atoms with Gasteiger partial charge in [-0.15, -0.1) is 0 Å². The number of amides is 1. The largest absolute Gasteiger partial charge is 0.495 e. The SMILES string of the molecule is COc1ccccc1N1CC[NH+]([C@@H](C)C(=O)Nc2ccc3c(c2)OCO3)CC1. The molecule has 0 spiro atoms.